The summed E-state index contributed by atoms with van der Waals surface area (Å²) in [6.45, 7) is 3.64. The SMILES string of the molecule is CN1CCN([C@H](C(=O)Nc2ncn[nH]2)c2ccccc2)CC1. The molecule has 2 heterocycles. The standard InChI is InChI=1S/C15H20N6O/c1-20-7-9-21(10-8-20)13(12-5-3-2-4-6-12)14(22)18-15-16-11-17-19-15/h2-6,11,13H,7-10H2,1H3,(H2,16,17,18,19,22)/t13-/m0/s1. The average Bonchev–Trinajstić information content (AvgIpc) is 3.03. The van der Waals surface area contributed by atoms with Crippen LogP contribution in [0.15, 0.2) is 36.7 Å². The smallest absolute Gasteiger partial charge is 0.248 e. The first-order valence-corrected chi connectivity index (χ1v) is 7.38. The first kappa shape index (κ1) is 14.7. The molecule has 7 nitrogen and oxygen atoms in total. The molecule has 1 amide bonds. The van der Waals surface area contributed by atoms with Crippen molar-refractivity contribution in [3.63, 3.8) is 0 Å². The van der Waals surface area contributed by atoms with Gasteiger partial charge in [-0.15, -0.1) is 0 Å². The number of H-pyrrole nitrogens is 1. The Balaban J connectivity index is 1.81. The van der Waals surface area contributed by atoms with E-state index < -0.39 is 0 Å². The normalized spacial score (nSPS) is 18.0. The molecule has 1 aromatic carbocycles. The number of amides is 1. The summed E-state index contributed by atoms with van der Waals surface area (Å²) in [4.78, 5) is 21.2. The van der Waals surface area contributed by atoms with Gasteiger partial charge < -0.3 is 4.90 Å². The quantitative estimate of drug-likeness (QED) is 0.870. The molecule has 2 aromatic rings. The van der Waals surface area contributed by atoms with Crippen molar-refractivity contribution in [2.75, 3.05) is 38.5 Å². The van der Waals surface area contributed by atoms with E-state index in [9.17, 15) is 4.79 Å². The fourth-order valence-corrected chi connectivity index (χ4v) is 2.69. The molecule has 2 N–H and O–H groups in total. The van der Waals surface area contributed by atoms with Crippen LogP contribution in [0.3, 0.4) is 0 Å². The number of likely N-dealkylation sites (N-methyl/N-ethyl adjacent to an activating group) is 1. The Labute approximate surface area is 129 Å². The minimum Gasteiger partial charge on any atom is -0.304 e. The molecule has 116 valence electrons. The van der Waals surface area contributed by atoms with E-state index in [0.29, 0.717) is 5.95 Å². The van der Waals surface area contributed by atoms with Crippen LogP contribution in [0.1, 0.15) is 11.6 Å². The number of benzene rings is 1. The van der Waals surface area contributed by atoms with E-state index >= 15 is 0 Å². The van der Waals surface area contributed by atoms with Gasteiger partial charge in [-0.25, -0.2) is 5.10 Å². The maximum absolute atomic E-state index is 12.7. The van der Waals surface area contributed by atoms with Crippen molar-refractivity contribution in [3.8, 4) is 0 Å². The molecular formula is C15H20N6O. The topological polar surface area (TPSA) is 77.2 Å². The summed E-state index contributed by atoms with van der Waals surface area (Å²) in [6, 6.07) is 9.53. The van der Waals surface area contributed by atoms with Crippen molar-refractivity contribution in [2.24, 2.45) is 0 Å². The maximum atomic E-state index is 12.7. The van der Waals surface area contributed by atoms with Gasteiger partial charge in [0.2, 0.25) is 11.9 Å². The molecule has 3 rings (SSSR count). The Kier molecular flexibility index (Phi) is 4.45. The van der Waals surface area contributed by atoms with Gasteiger partial charge in [0, 0.05) is 26.2 Å². The van der Waals surface area contributed by atoms with Crippen LogP contribution in [-0.2, 0) is 4.79 Å². The summed E-state index contributed by atoms with van der Waals surface area (Å²) >= 11 is 0. The van der Waals surface area contributed by atoms with E-state index in [4.69, 9.17) is 0 Å². The summed E-state index contributed by atoms with van der Waals surface area (Å²) in [5.74, 6) is 0.285. The van der Waals surface area contributed by atoms with Crippen LogP contribution >= 0.6 is 0 Å². The summed E-state index contributed by atoms with van der Waals surface area (Å²) < 4.78 is 0. The molecule has 0 bridgehead atoms. The lowest BCUT2D eigenvalue weighted by Crippen LogP contribution is -2.48. The number of carbonyl (C=O) groups excluding carboxylic acids is 1. The van der Waals surface area contributed by atoms with E-state index in [0.717, 1.165) is 31.7 Å². The van der Waals surface area contributed by atoms with Crippen molar-refractivity contribution in [3.05, 3.63) is 42.2 Å². The fraction of sp³-hybridized carbons (Fsp3) is 0.400. The maximum Gasteiger partial charge on any atom is 0.248 e. The Morgan fingerprint density at radius 3 is 2.59 bits per heavy atom. The predicted molar refractivity (Wildman–Crippen MR) is 83.3 cm³/mol. The fourth-order valence-electron chi connectivity index (χ4n) is 2.69. The van der Waals surface area contributed by atoms with Gasteiger partial charge in [-0.3, -0.25) is 15.0 Å². The molecule has 0 saturated carbocycles. The second-order valence-corrected chi connectivity index (χ2v) is 5.48. The lowest BCUT2D eigenvalue weighted by Gasteiger charge is -2.37. The molecule has 1 aliphatic heterocycles. The Hall–Kier alpha value is -2.25. The van der Waals surface area contributed by atoms with Crippen molar-refractivity contribution in [2.45, 2.75) is 6.04 Å². The predicted octanol–water partition coefficient (Wildman–Crippen LogP) is 0.732. The van der Waals surface area contributed by atoms with Crippen LogP contribution < -0.4 is 5.32 Å². The number of aromatic nitrogens is 3. The van der Waals surface area contributed by atoms with E-state index in [2.05, 4.69) is 37.3 Å². The molecule has 7 heteroatoms. The second-order valence-electron chi connectivity index (χ2n) is 5.48. The molecule has 0 radical (unpaired) electrons. The van der Waals surface area contributed by atoms with Gasteiger partial charge in [0.15, 0.2) is 0 Å². The lowest BCUT2D eigenvalue weighted by atomic mass is 10.0. The third-order valence-corrected chi connectivity index (χ3v) is 3.92. The van der Waals surface area contributed by atoms with Crippen molar-refractivity contribution in [1.82, 2.24) is 25.0 Å². The van der Waals surface area contributed by atoms with Gasteiger partial charge in [-0.1, -0.05) is 30.3 Å². The van der Waals surface area contributed by atoms with E-state index in [1.807, 2.05) is 30.3 Å². The lowest BCUT2D eigenvalue weighted by molar-refractivity contribution is -0.122. The molecule has 1 aliphatic rings. The molecule has 1 saturated heterocycles. The molecule has 22 heavy (non-hydrogen) atoms. The first-order valence-electron chi connectivity index (χ1n) is 7.38. The Morgan fingerprint density at radius 2 is 1.95 bits per heavy atom. The van der Waals surface area contributed by atoms with Gasteiger partial charge >= 0.3 is 0 Å². The van der Waals surface area contributed by atoms with Gasteiger partial charge in [-0.05, 0) is 12.6 Å². The van der Waals surface area contributed by atoms with Crippen LogP contribution in [0.4, 0.5) is 5.95 Å². The minimum absolute atomic E-state index is 0.0903. The largest absolute Gasteiger partial charge is 0.304 e. The van der Waals surface area contributed by atoms with Crippen LogP contribution in [0.2, 0.25) is 0 Å². The number of nitrogens with one attached hydrogen (secondary N) is 2. The number of piperazine rings is 1. The van der Waals surface area contributed by atoms with Crippen LogP contribution in [0.25, 0.3) is 0 Å². The monoisotopic (exact) mass is 300 g/mol. The number of carbonyl (C=O) groups is 1. The molecular weight excluding hydrogens is 280 g/mol. The number of aromatic amines is 1. The zero-order valence-electron chi connectivity index (χ0n) is 12.6. The second kappa shape index (κ2) is 6.67. The number of rotatable bonds is 4. The molecule has 0 aliphatic carbocycles. The van der Waals surface area contributed by atoms with Crippen LogP contribution in [0, 0.1) is 0 Å². The molecule has 0 spiro atoms. The highest BCUT2D eigenvalue weighted by Gasteiger charge is 2.30. The number of hydrogen-bond donors (Lipinski definition) is 2. The number of anilines is 1. The number of nitrogens with zero attached hydrogens (tertiary/aromatic N) is 4. The summed E-state index contributed by atoms with van der Waals surface area (Å²) in [7, 11) is 2.10. The van der Waals surface area contributed by atoms with Gasteiger partial charge in [-0.2, -0.15) is 10.1 Å². The summed E-state index contributed by atoms with van der Waals surface area (Å²) in [6.07, 6.45) is 1.38. The first-order chi connectivity index (χ1) is 10.7. The van der Waals surface area contributed by atoms with Gasteiger partial charge in [0.1, 0.15) is 12.4 Å². The summed E-state index contributed by atoms with van der Waals surface area (Å²) in [5.41, 5.74) is 0.990. The van der Waals surface area contributed by atoms with Crippen molar-refractivity contribution < 1.29 is 4.79 Å². The highest BCUT2D eigenvalue weighted by atomic mass is 16.2. The highest BCUT2D eigenvalue weighted by Crippen LogP contribution is 2.23. The zero-order valence-corrected chi connectivity index (χ0v) is 12.6. The summed E-state index contributed by atoms with van der Waals surface area (Å²) in [5, 5.41) is 9.23. The third-order valence-electron chi connectivity index (χ3n) is 3.92. The van der Waals surface area contributed by atoms with Crippen molar-refractivity contribution in [1.29, 1.82) is 0 Å². The molecule has 1 fully saturated rings. The van der Waals surface area contributed by atoms with Crippen LogP contribution in [0.5, 0.6) is 0 Å². The Morgan fingerprint density at radius 1 is 1.23 bits per heavy atom. The van der Waals surface area contributed by atoms with Gasteiger partial charge in [0.05, 0.1) is 0 Å². The molecule has 1 atom stereocenters. The zero-order chi connectivity index (χ0) is 15.4. The van der Waals surface area contributed by atoms with E-state index in [1.54, 1.807) is 0 Å². The molecule has 1 aromatic heterocycles. The van der Waals surface area contributed by atoms with E-state index in [-0.39, 0.29) is 11.9 Å². The minimum atomic E-state index is -0.319. The van der Waals surface area contributed by atoms with Crippen LogP contribution in [-0.4, -0.2) is 64.1 Å². The van der Waals surface area contributed by atoms with Gasteiger partial charge in [0.25, 0.3) is 0 Å². The van der Waals surface area contributed by atoms with E-state index in [1.165, 1.54) is 6.33 Å². The molecule has 0 unspecified atom stereocenters. The third kappa shape index (κ3) is 3.32. The highest BCUT2D eigenvalue weighted by molar-refractivity contribution is 5.94. The van der Waals surface area contributed by atoms with Crippen molar-refractivity contribution >= 4 is 11.9 Å². The average molecular weight is 300 g/mol. The Bertz CT molecular complexity index is 592. The number of hydrogen-bond acceptors (Lipinski definition) is 5.